The molecule has 6 heteroatoms. The third-order valence-electron chi connectivity index (χ3n) is 4.13. The summed E-state index contributed by atoms with van der Waals surface area (Å²) < 4.78 is 5.41. The number of hydrogen-bond donors (Lipinski definition) is 2. The van der Waals surface area contributed by atoms with Gasteiger partial charge in [-0.3, -0.25) is 9.69 Å². The fourth-order valence-electron chi connectivity index (χ4n) is 2.85. The Labute approximate surface area is 136 Å². The summed E-state index contributed by atoms with van der Waals surface area (Å²) in [7, 11) is 1.74. The van der Waals surface area contributed by atoms with Gasteiger partial charge in [0.1, 0.15) is 0 Å². The van der Waals surface area contributed by atoms with E-state index in [0.29, 0.717) is 24.5 Å². The number of nitrogens with one attached hydrogen (secondary N) is 1. The van der Waals surface area contributed by atoms with Gasteiger partial charge in [-0.1, -0.05) is 17.7 Å². The Morgan fingerprint density at radius 3 is 3.05 bits per heavy atom. The number of nitrogens with zero attached hydrogens (tertiary/aromatic N) is 1. The molecule has 0 bridgehead atoms. The number of hydrogen-bond acceptors (Lipinski definition) is 4. The fraction of sp³-hybridized carbons (Fsp3) is 0.562. The summed E-state index contributed by atoms with van der Waals surface area (Å²) in [4.78, 5) is 14.3. The van der Waals surface area contributed by atoms with Gasteiger partial charge in [0.05, 0.1) is 6.10 Å². The highest BCUT2D eigenvalue weighted by atomic mass is 35.5. The van der Waals surface area contributed by atoms with E-state index in [4.69, 9.17) is 22.1 Å². The largest absolute Gasteiger partial charge is 0.381 e. The van der Waals surface area contributed by atoms with E-state index in [0.717, 1.165) is 25.1 Å². The Balaban J connectivity index is 1.80. The van der Waals surface area contributed by atoms with Crippen molar-refractivity contribution in [1.82, 2.24) is 4.90 Å². The minimum absolute atomic E-state index is 0.00750. The van der Waals surface area contributed by atoms with E-state index in [1.807, 2.05) is 12.1 Å². The predicted octanol–water partition coefficient (Wildman–Crippen LogP) is 2.11. The highest BCUT2D eigenvalue weighted by Gasteiger charge is 2.27. The summed E-state index contributed by atoms with van der Waals surface area (Å²) in [6, 6.07) is 7.46. The molecule has 22 heavy (non-hydrogen) atoms. The van der Waals surface area contributed by atoms with E-state index in [9.17, 15) is 4.79 Å². The Hall–Kier alpha value is -1.14. The molecular formula is C16H24ClN3O2. The van der Waals surface area contributed by atoms with Gasteiger partial charge in [-0.15, -0.1) is 0 Å². The van der Waals surface area contributed by atoms with Crippen LogP contribution < -0.4 is 11.1 Å². The molecule has 1 amide bonds. The Bertz CT molecular complexity index is 498. The molecule has 0 aromatic heterocycles. The van der Waals surface area contributed by atoms with Crippen molar-refractivity contribution in [2.24, 2.45) is 5.73 Å². The van der Waals surface area contributed by atoms with Crippen LogP contribution in [0.25, 0.3) is 0 Å². The van der Waals surface area contributed by atoms with Crippen LogP contribution in [0.4, 0.5) is 5.69 Å². The first-order chi connectivity index (χ1) is 10.6. The second-order valence-electron chi connectivity index (χ2n) is 5.62. The molecule has 5 nitrogen and oxygen atoms in total. The Morgan fingerprint density at radius 1 is 1.55 bits per heavy atom. The highest BCUT2D eigenvalue weighted by molar-refractivity contribution is 6.30. The van der Waals surface area contributed by atoms with Crippen LogP contribution in [0.2, 0.25) is 5.02 Å². The number of methoxy groups -OCH3 is 1. The van der Waals surface area contributed by atoms with Gasteiger partial charge in [-0.05, 0) is 31.0 Å². The smallest absolute Gasteiger partial charge is 0.225 e. The number of nitrogens with two attached hydrogens (primary N) is 1. The van der Waals surface area contributed by atoms with Crippen LogP contribution in [0.15, 0.2) is 24.3 Å². The number of rotatable bonds is 6. The molecule has 0 spiro atoms. The zero-order valence-corrected chi connectivity index (χ0v) is 13.7. The molecule has 1 fully saturated rings. The van der Waals surface area contributed by atoms with Crippen molar-refractivity contribution < 1.29 is 9.53 Å². The van der Waals surface area contributed by atoms with Crippen LogP contribution in [0.3, 0.4) is 0 Å². The molecule has 0 radical (unpaired) electrons. The number of halogens is 1. The minimum Gasteiger partial charge on any atom is -0.381 e. The van der Waals surface area contributed by atoms with Gasteiger partial charge in [-0.2, -0.15) is 0 Å². The fourth-order valence-corrected chi connectivity index (χ4v) is 3.04. The van der Waals surface area contributed by atoms with E-state index < -0.39 is 0 Å². The third kappa shape index (κ3) is 4.95. The molecule has 2 unspecified atom stereocenters. The van der Waals surface area contributed by atoms with Gasteiger partial charge in [-0.25, -0.2) is 0 Å². The number of piperidine rings is 1. The average Bonchev–Trinajstić information content (AvgIpc) is 2.52. The molecule has 1 aliphatic heterocycles. The van der Waals surface area contributed by atoms with E-state index in [-0.39, 0.29) is 18.1 Å². The van der Waals surface area contributed by atoms with Crippen molar-refractivity contribution >= 4 is 23.2 Å². The summed E-state index contributed by atoms with van der Waals surface area (Å²) in [5.74, 6) is -0.00750. The molecule has 2 atom stereocenters. The van der Waals surface area contributed by atoms with E-state index >= 15 is 0 Å². The molecule has 2 rings (SSSR count). The van der Waals surface area contributed by atoms with E-state index in [1.165, 1.54) is 0 Å². The Morgan fingerprint density at radius 2 is 2.36 bits per heavy atom. The van der Waals surface area contributed by atoms with Crippen molar-refractivity contribution in [2.75, 3.05) is 32.1 Å². The SMILES string of the molecule is COC1CCN(CCC(=O)Nc2cccc(Cl)c2)C(CN)C1. The van der Waals surface area contributed by atoms with Crippen LogP contribution in [-0.2, 0) is 9.53 Å². The number of likely N-dealkylation sites (tertiary alicyclic amines) is 1. The number of benzene rings is 1. The van der Waals surface area contributed by atoms with E-state index in [2.05, 4.69) is 10.2 Å². The minimum atomic E-state index is -0.00750. The molecule has 1 aromatic rings. The molecule has 0 saturated carbocycles. The molecule has 1 aliphatic rings. The summed E-state index contributed by atoms with van der Waals surface area (Å²) in [6.07, 6.45) is 2.65. The molecule has 1 saturated heterocycles. The van der Waals surface area contributed by atoms with Crippen molar-refractivity contribution in [3.63, 3.8) is 0 Å². The van der Waals surface area contributed by atoms with Gasteiger partial charge >= 0.3 is 0 Å². The van der Waals surface area contributed by atoms with Gasteiger partial charge in [0.25, 0.3) is 0 Å². The van der Waals surface area contributed by atoms with Gasteiger partial charge < -0.3 is 15.8 Å². The number of amides is 1. The number of carbonyl (C=O) groups is 1. The van der Waals surface area contributed by atoms with Gasteiger partial charge in [0, 0.05) is 49.9 Å². The lowest BCUT2D eigenvalue weighted by Crippen LogP contribution is -2.49. The Kier molecular flexibility index (Phi) is 6.64. The summed E-state index contributed by atoms with van der Waals surface area (Å²) in [5, 5.41) is 3.48. The van der Waals surface area contributed by atoms with Crippen LogP contribution >= 0.6 is 11.6 Å². The first-order valence-corrected chi connectivity index (χ1v) is 8.02. The lowest BCUT2D eigenvalue weighted by Gasteiger charge is -2.38. The zero-order valence-electron chi connectivity index (χ0n) is 12.9. The van der Waals surface area contributed by atoms with Crippen molar-refractivity contribution in [1.29, 1.82) is 0 Å². The van der Waals surface area contributed by atoms with Crippen molar-refractivity contribution in [2.45, 2.75) is 31.4 Å². The highest BCUT2D eigenvalue weighted by Crippen LogP contribution is 2.19. The van der Waals surface area contributed by atoms with E-state index in [1.54, 1.807) is 19.2 Å². The predicted molar refractivity (Wildman–Crippen MR) is 89.1 cm³/mol. The standard InChI is InChI=1S/C16H24ClN3O2/c1-22-15-5-7-20(14(10-15)11-18)8-6-16(21)19-13-4-2-3-12(17)9-13/h2-4,9,14-15H,5-8,10-11,18H2,1H3,(H,19,21). The summed E-state index contributed by atoms with van der Waals surface area (Å²) >= 11 is 5.91. The maximum absolute atomic E-state index is 12.0. The van der Waals surface area contributed by atoms with Crippen LogP contribution in [0, 0.1) is 0 Å². The average molecular weight is 326 g/mol. The first kappa shape index (κ1) is 17.2. The molecule has 0 aliphatic carbocycles. The second kappa shape index (κ2) is 8.48. The number of carbonyl (C=O) groups excluding carboxylic acids is 1. The van der Waals surface area contributed by atoms with Gasteiger partial charge in [0.2, 0.25) is 5.91 Å². The summed E-state index contributed by atoms with van der Waals surface area (Å²) in [6.45, 7) is 2.23. The first-order valence-electron chi connectivity index (χ1n) is 7.64. The van der Waals surface area contributed by atoms with Crippen molar-refractivity contribution in [3.8, 4) is 0 Å². The van der Waals surface area contributed by atoms with Crippen LogP contribution in [0.1, 0.15) is 19.3 Å². The lowest BCUT2D eigenvalue weighted by molar-refractivity contribution is -0.116. The quantitative estimate of drug-likeness (QED) is 0.840. The maximum Gasteiger partial charge on any atom is 0.225 e. The normalized spacial score (nSPS) is 22.5. The monoisotopic (exact) mass is 325 g/mol. The lowest BCUT2D eigenvalue weighted by atomic mass is 9.99. The number of ether oxygens (including phenoxy) is 1. The maximum atomic E-state index is 12.0. The third-order valence-corrected chi connectivity index (χ3v) is 4.36. The van der Waals surface area contributed by atoms with Crippen LogP contribution in [-0.4, -0.2) is 49.7 Å². The second-order valence-corrected chi connectivity index (χ2v) is 6.05. The number of anilines is 1. The molecular weight excluding hydrogens is 302 g/mol. The summed E-state index contributed by atoms with van der Waals surface area (Å²) in [5.41, 5.74) is 6.57. The molecule has 1 heterocycles. The topological polar surface area (TPSA) is 67.6 Å². The van der Waals surface area contributed by atoms with Crippen LogP contribution in [0.5, 0.6) is 0 Å². The molecule has 122 valence electrons. The molecule has 3 N–H and O–H groups in total. The zero-order chi connectivity index (χ0) is 15.9. The van der Waals surface area contributed by atoms with Crippen molar-refractivity contribution in [3.05, 3.63) is 29.3 Å². The van der Waals surface area contributed by atoms with Gasteiger partial charge in [0.15, 0.2) is 0 Å². The molecule has 1 aromatic carbocycles.